The summed E-state index contributed by atoms with van der Waals surface area (Å²) in [5, 5.41) is 17.2. The van der Waals surface area contributed by atoms with Crippen LogP contribution in [0, 0.1) is 0 Å². The molecule has 34 heavy (non-hydrogen) atoms. The first-order valence-corrected chi connectivity index (χ1v) is 11.2. The maximum atomic E-state index is 13.0. The molecule has 1 aliphatic rings. The van der Waals surface area contributed by atoms with E-state index in [2.05, 4.69) is 30.6 Å². The van der Waals surface area contributed by atoms with Crippen LogP contribution < -0.4 is 10.6 Å². The molecule has 3 heterocycles. The number of imidazole rings is 1. The fraction of sp³-hybridized carbons (Fsp3) is 0.227. The minimum Gasteiger partial charge on any atom is -0.394 e. The summed E-state index contributed by atoms with van der Waals surface area (Å²) in [7, 11) is 0. The highest BCUT2D eigenvalue weighted by Gasteiger charge is 2.25. The standard InChI is InChI=1S/C22H19Cl2N7O3/c23-11-1-2-15-17(5-11)29-21(28-15)18(9-32)30-20-13-6-14(24)12(7-16(13)26-10-27-20)22(34)31-4-3-25-19(33)8-31/h1-2,5-7,10,18,32H,3-4,8-9H2,(H,25,33)(H,28,29)(H,26,27,30)/t18-/m0/s1. The van der Waals surface area contributed by atoms with Gasteiger partial charge >= 0.3 is 0 Å². The number of carbonyl (C=O) groups is 2. The van der Waals surface area contributed by atoms with Crippen LogP contribution in [0.4, 0.5) is 5.82 Å². The Labute approximate surface area is 203 Å². The lowest BCUT2D eigenvalue weighted by Gasteiger charge is -2.27. The van der Waals surface area contributed by atoms with Crippen LogP contribution in [0.2, 0.25) is 10.0 Å². The van der Waals surface area contributed by atoms with Crippen molar-refractivity contribution in [3.8, 4) is 0 Å². The smallest absolute Gasteiger partial charge is 0.255 e. The van der Waals surface area contributed by atoms with Crippen LogP contribution in [0.15, 0.2) is 36.7 Å². The van der Waals surface area contributed by atoms with Gasteiger partial charge in [-0.15, -0.1) is 0 Å². The van der Waals surface area contributed by atoms with Gasteiger partial charge in [0.05, 0.1) is 40.3 Å². The lowest BCUT2D eigenvalue weighted by atomic mass is 10.1. The Morgan fingerprint density at radius 3 is 2.85 bits per heavy atom. The van der Waals surface area contributed by atoms with Gasteiger partial charge in [0.15, 0.2) is 0 Å². The summed E-state index contributed by atoms with van der Waals surface area (Å²) in [4.78, 5) is 42.3. The number of fused-ring (bicyclic) bond motifs is 2. The molecule has 1 saturated heterocycles. The molecular weight excluding hydrogens is 481 g/mol. The van der Waals surface area contributed by atoms with Crippen molar-refractivity contribution in [3.05, 3.63) is 58.1 Å². The van der Waals surface area contributed by atoms with E-state index in [1.807, 2.05) is 6.07 Å². The molecule has 1 aliphatic heterocycles. The first kappa shape index (κ1) is 22.3. The van der Waals surface area contributed by atoms with Crippen molar-refractivity contribution in [2.45, 2.75) is 6.04 Å². The average Bonchev–Trinajstić information content (AvgIpc) is 3.24. The number of aliphatic hydroxyl groups is 1. The van der Waals surface area contributed by atoms with Crippen molar-refractivity contribution in [1.82, 2.24) is 30.2 Å². The van der Waals surface area contributed by atoms with Crippen molar-refractivity contribution in [3.63, 3.8) is 0 Å². The van der Waals surface area contributed by atoms with Crippen molar-refractivity contribution in [2.24, 2.45) is 0 Å². The van der Waals surface area contributed by atoms with E-state index < -0.39 is 6.04 Å². The van der Waals surface area contributed by atoms with Gasteiger partial charge in [0.2, 0.25) is 5.91 Å². The molecule has 5 rings (SSSR count). The summed E-state index contributed by atoms with van der Waals surface area (Å²) < 4.78 is 0. The van der Waals surface area contributed by atoms with E-state index >= 15 is 0 Å². The Hall–Kier alpha value is -3.47. The molecule has 0 spiro atoms. The molecule has 1 atom stereocenters. The molecule has 1 fully saturated rings. The first-order valence-electron chi connectivity index (χ1n) is 10.5. The largest absolute Gasteiger partial charge is 0.394 e. The third kappa shape index (κ3) is 4.23. The lowest BCUT2D eigenvalue weighted by Crippen LogP contribution is -2.50. The number of aromatic nitrogens is 4. The molecule has 0 radical (unpaired) electrons. The predicted molar refractivity (Wildman–Crippen MR) is 128 cm³/mol. The zero-order valence-electron chi connectivity index (χ0n) is 17.7. The van der Waals surface area contributed by atoms with Crippen LogP contribution in [0.25, 0.3) is 21.9 Å². The van der Waals surface area contributed by atoms with Gasteiger partial charge in [-0.05, 0) is 30.3 Å². The molecule has 174 valence electrons. The van der Waals surface area contributed by atoms with Crippen LogP contribution in [0.5, 0.6) is 0 Å². The molecule has 0 aliphatic carbocycles. The first-order chi connectivity index (χ1) is 16.4. The molecule has 4 N–H and O–H groups in total. The summed E-state index contributed by atoms with van der Waals surface area (Å²) in [6.45, 7) is 0.504. The number of halogens is 2. The van der Waals surface area contributed by atoms with Crippen molar-refractivity contribution >= 4 is 62.8 Å². The second kappa shape index (κ2) is 9.05. The molecule has 0 saturated carbocycles. The van der Waals surface area contributed by atoms with Gasteiger partial charge in [-0.3, -0.25) is 9.59 Å². The van der Waals surface area contributed by atoms with E-state index in [1.165, 1.54) is 11.2 Å². The Balaban J connectivity index is 1.46. The molecule has 10 nitrogen and oxygen atoms in total. The highest BCUT2D eigenvalue weighted by atomic mass is 35.5. The normalized spacial score (nSPS) is 14.9. The number of anilines is 1. The number of nitrogens with one attached hydrogen (secondary N) is 3. The van der Waals surface area contributed by atoms with Crippen molar-refractivity contribution < 1.29 is 14.7 Å². The summed E-state index contributed by atoms with van der Waals surface area (Å²) in [5.41, 5.74) is 2.19. The zero-order valence-corrected chi connectivity index (χ0v) is 19.2. The van der Waals surface area contributed by atoms with Gasteiger partial charge in [-0.1, -0.05) is 23.2 Å². The number of carbonyl (C=O) groups excluding carboxylic acids is 2. The van der Waals surface area contributed by atoms with Crippen LogP contribution in [0.3, 0.4) is 0 Å². The van der Waals surface area contributed by atoms with Crippen LogP contribution in [-0.2, 0) is 4.79 Å². The van der Waals surface area contributed by atoms with E-state index in [1.54, 1.807) is 24.3 Å². The fourth-order valence-electron chi connectivity index (χ4n) is 3.87. The topological polar surface area (TPSA) is 136 Å². The molecule has 4 aromatic rings. The Morgan fingerprint density at radius 2 is 2.06 bits per heavy atom. The maximum absolute atomic E-state index is 13.0. The highest BCUT2D eigenvalue weighted by molar-refractivity contribution is 6.35. The molecule has 2 aromatic carbocycles. The molecule has 12 heteroatoms. The summed E-state index contributed by atoms with van der Waals surface area (Å²) in [6.07, 6.45) is 1.36. The molecule has 0 bridgehead atoms. The van der Waals surface area contributed by atoms with E-state index in [-0.39, 0.29) is 35.6 Å². The summed E-state index contributed by atoms with van der Waals surface area (Å²) >= 11 is 12.5. The number of H-pyrrole nitrogens is 1. The number of nitrogens with zero attached hydrogens (tertiary/aromatic N) is 4. The van der Waals surface area contributed by atoms with E-state index in [9.17, 15) is 14.7 Å². The monoisotopic (exact) mass is 499 g/mol. The van der Waals surface area contributed by atoms with Gasteiger partial charge in [0, 0.05) is 23.5 Å². The maximum Gasteiger partial charge on any atom is 0.255 e. The third-order valence-electron chi connectivity index (χ3n) is 5.57. The van der Waals surface area contributed by atoms with Gasteiger partial charge in [-0.2, -0.15) is 0 Å². The lowest BCUT2D eigenvalue weighted by molar-refractivity contribution is -0.123. The van der Waals surface area contributed by atoms with Crippen molar-refractivity contribution in [2.75, 3.05) is 31.6 Å². The summed E-state index contributed by atoms with van der Waals surface area (Å²) in [5.74, 6) is 0.367. The Bertz CT molecular complexity index is 1420. The molecule has 2 amide bonds. The minimum absolute atomic E-state index is 0.0231. The van der Waals surface area contributed by atoms with Gasteiger partial charge in [-0.25, -0.2) is 15.0 Å². The number of hydrogen-bond acceptors (Lipinski definition) is 7. The number of benzene rings is 2. The van der Waals surface area contributed by atoms with E-state index in [4.69, 9.17) is 23.2 Å². The highest BCUT2D eigenvalue weighted by Crippen LogP contribution is 2.30. The molecular formula is C22H19Cl2N7O3. The van der Waals surface area contributed by atoms with Gasteiger partial charge in [0.1, 0.15) is 24.0 Å². The van der Waals surface area contributed by atoms with Crippen LogP contribution in [0.1, 0.15) is 22.2 Å². The second-order valence-corrected chi connectivity index (χ2v) is 8.65. The summed E-state index contributed by atoms with van der Waals surface area (Å²) in [6, 6.07) is 7.88. The Morgan fingerprint density at radius 1 is 1.21 bits per heavy atom. The number of aliphatic hydroxyl groups excluding tert-OH is 1. The second-order valence-electron chi connectivity index (χ2n) is 7.81. The van der Waals surface area contributed by atoms with Crippen molar-refractivity contribution in [1.29, 1.82) is 0 Å². The fourth-order valence-corrected chi connectivity index (χ4v) is 4.28. The number of rotatable bonds is 5. The Kier molecular flexibility index (Phi) is 5.94. The van der Waals surface area contributed by atoms with Gasteiger partial charge < -0.3 is 25.6 Å². The predicted octanol–water partition coefficient (Wildman–Crippen LogP) is 2.53. The minimum atomic E-state index is -0.601. The van der Waals surface area contributed by atoms with E-state index in [0.29, 0.717) is 46.2 Å². The van der Waals surface area contributed by atoms with E-state index in [0.717, 1.165) is 5.52 Å². The number of amides is 2. The number of aromatic amines is 1. The van der Waals surface area contributed by atoms with Gasteiger partial charge in [0.25, 0.3) is 5.91 Å². The quantitative estimate of drug-likeness (QED) is 0.331. The molecule has 0 unspecified atom stereocenters. The SMILES string of the molecule is O=C1CN(C(=O)c2cc3ncnc(N[C@@H](CO)c4nc5cc(Cl)ccc5[nH]4)c3cc2Cl)CCN1. The number of hydrogen-bond donors (Lipinski definition) is 4. The third-order valence-corrected chi connectivity index (χ3v) is 6.11. The zero-order chi connectivity index (χ0) is 23.8. The average molecular weight is 500 g/mol. The van der Waals surface area contributed by atoms with Crippen LogP contribution >= 0.6 is 23.2 Å². The number of piperazine rings is 1. The van der Waals surface area contributed by atoms with Crippen LogP contribution in [-0.4, -0.2) is 68.0 Å². The molecule has 2 aromatic heterocycles.